The van der Waals surface area contributed by atoms with Gasteiger partial charge in [0.1, 0.15) is 12.4 Å². The number of likely N-dealkylation sites (tertiary alicyclic amines) is 1. The summed E-state index contributed by atoms with van der Waals surface area (Å²) in [6.45, 7) is 1.46. The van der Waals surface area contributed by atoms with E-state index in [4.69, 9.17) is 9.47 Å². The average Bonchev–Trinajstić information content (AvgIpc) is 3.17. The van der Waals surface area contributed by atoms with E-state index in [2.05, 4.69) is 4.98 Å². The van der Waals surface area contributed by atoms with Crippen LogP contribution < -0.4 is 9.47 Å². The van der Waals surface area contributed by atoms with Crippen molar-refractivity contribution in [3.8, 4) is 11.5 Å². The lowest BCUT2D eigenvalue weighted by Gasteiger charge is -2.26. The van der Waals surface area contributed by atoms with Gasteiger partial charge in [0.05, 0.1) is 18.7 Å². The molecule has 0 saturated carbocycles. The second-order valence-electron chi connectivity index (χ2n) is 9.07. The molecule has 4 rings (SSSR count). The van der Waals surface area contributed by atoms with Crippen LogP contribution in [0.3, 0.4) is 0 Å². The third kappa shape index (κ3) is 5.81. The Kier molecular flexibility index (Phi) is 8.20. The lowest BCUT2D eigenvalue weighted by molar-refractivity contribution is -0.139. The smallest absolute Gasteiger partial charge is 0.295 e. The van der Waals surface area contributed by atoms with Gasteiger partial charge in [0.2, 0.25) is 0 Å². The van der Waals surface area contributed by atoms with E-state index in [0.29, 0.717) is 42.2 Å². The van der Waals surface area contributed by atoms with Crippen LogP contribution in [0.4, 0.5) is 0 Å². The molecule has 8 nitrogen and oxygen atoms in total. The Labute approximate surface area is 216 Å². The number of hydrogen-bond donors (Lipinski definition) is 1. The Hall–Kier alpha value is -4.17. The van der Waals surface area contributed by atoms with Crippen LogP contribution in [-0.2, 0) is 16.2 Å². The summed E-state index contributed by atoms with van der Waals surface area (Å²) in [6.07, 6.45) is 3.72. The first-order valence-corrected chi connectivity index (χ1v) is 12.1. The maximum absolute atomic E-state index is 13.2. The van der Waals surface area contributed by atoms with E-state index in [1.54, 1.807) is 37.4 Å². The number of aromatic nitrogens is 1. The van der Waals surface area contributed by atoms with Crippen molar-refractivity contribution in [2.24, 2.45) is 0 Å². The number of aliphatic hydroxyl groups excluding tert-OH is 1. The van der Waals surface area contributed by atoms with Gasteiger partial charge in [-0.3, -0.25) is 14.6 Å². The first kappa shape index (κ1) is 25.9. The summed E-state index contributed by atoms with van der Waals surface area (Å²) >= 11 is 0. The van der Waals surface area contributed by atoms with Gasteiger partial charge in [-0.25, -0.2) is 0 Å². The molecule has 1 aliphatic rings. The molecule has 1 unspecified atom stereocenters. The molecule has 1 saturated heterocycles. The minimum atomic E-state index is -0.771. The number of carbonyl (C=O) groups excluding carboxylic acids is 2. The summed E-state index contributed by atoms with van der Waals surface area (Å²) < 4.78 is 11.6. The summed E-state index contributed by atoms with van der Waals surface area (Å²) in [7, 11) is 5.45. The molecule has 1 aromatic heterocycles. The lowest BCUT2D eigenvalue weighted by Crippen LogP contribution is -2.32. The fourth-order valence-corrected chi connectivity index (χ4v) is 4.39. The molecule has 1 N–H and O–H groups in total. The van der Waals surface area contributed by atoms with Crippen LogP contribution >= 0.6 is 0 Å². The summed E-state index contributed by atoms with van der Waals surface area (Å²) in [4.78, 5) is 33.9. The van der Waals surface area contributed by atoms with E-state index < -0.39 is 17.7 Å². The van der Waals surface area contributed by atoms with Crippen molar-refractivity contribution in [2.45, 2.75) is 19.1 Å². The molecular weight excluding hydrogens is 470 g/mol. The van der Waals surface area contributed by atoms with Crippen molar-refractivity contribution in [1.29, 1.82) is 0 Å². The normalized spacial score (nSPS) is 16.9. The third-order valence-corrected chi connectivity index (χ3v) is 6.24. The standard InChI is InChI=1S/C29H31N3O5/c1-31(2)16-7-17-32-26(25(28(34)29(32)35)27(33)21-12-14-30-15-13-21)22-10-11-23(24(18-22)36-3)37-19-20-8-5-4-6-9-20/h4-6,8-15,18,26,33H,7,16-17,19H2,1-3H3. The van der Waals surface area contributed by atoms with Crippen molar-refractivity contribution in [2.75, 3.05) is 34.3 Å². The molecule has 1 fully saturated rings. The van der Waals surface area contributed by atoms with E-state index in [9.17, 15) is 14.7 Å². The van der Waals surface area contributed by atoms with Crippen LogP contribution in [0.25, 0.3) is 5.76 Å². The van der Waals surface area contributed by atoms with Crippen molar-refractivity contribution in [1.82, 2.24) is 14.8 Å². The zero-order chi connectivity index (χ0) is 26.4. The fourth-order valence-electron chi connectivity index (χ4n) is 4.39. The molecule has 0 spiro atoms. The van der Waals surface area contributed by atoms with E-state index in [-0.39, 0.29) is 11.3 Å². The Balaban J connectivity index is 1.72. The fraction of sp³-hybridized carbons (Fsp3) is 0.276. The average molecular weight is 502 g/mol. The zero-order valence-corrected chi connectivity index (χ0v) is 21.3. The van der Waals surface area contributed by atoms with Crippen LogP contribution in [0.2, 0.25) is 0 Å². The van der Waals surface area contributed by atoms with Crippen molar-refractivity contribution in [3.05, 3.63) is 95.3 Å². The molecular formula is C29H31N3O5. The van der Waals surface area contributed by atoms with E-state index in [0.717, 1.165) is 12.1 Å². The molecule has 2 aromatic carbocycles. The summed E-state index contributed by atoms with van der Waals surface area (Å²) in [6, 6.07) is 17.6. The SMILES string of the molecule is COc1cc(C2C(=C(O)c3ccncc3)C(=O)C(=O)N2CCCN(C)C)ccc1OCc1ccccc1. The Morgan fingerprint density at radius 1 is 1.03 bits per heavy atom. The number of nitrogens with zero attached hydrogens (tertiary/aromatic N) is 3. The van der Waals surface area contributed by atoms with Crippen LogP contribution in [0.15, 0.2) is 78.6 Å². The first-order chi connectivity index (χ1) is 17.9. The molecule has 0 bridgehead atoms. The van der Waals surface area contributed by atoms with Gasteiger partial charge in [0.25, 0.3) is 11.7 Å². The van der Waals surface area contributed by atoms with Gasteiger partial charge in [0, 0.05) is 24.5 Å². The topological polar surface area (TPSA) is 92.2 Å². The second-order valence-corrected chi connectivity index (χ2v) is 9.07. The molecule has 2 heterocycles. The molecule has 3 aromatic rings. The number of carbonyl (C=O) groups is 2. The Morgan fingerprint density at radius 2 is 1.76 bits per heavy atom. The number of hydrogen-bond acceptors (Lipinski definition) is 7. The Bertz CT molecular complexity index is 1280. The maximum Gasteiger partial charge on any atom is 0.295 e. The molecule has 0 radical (unpaired) electrons. The van der Waals surface area contributed by atoms with Crippen molar-refractivity contribution >= 4 is 17.4 Å². The Morgan fingerprint density at radius 3 is 2.43 bits per heavy atom. The second kappa shape index (κ2) is 11.7. The zero-order valence-electron chi connectivity index (χ0n) is 21.3. The minimum absolute atomic E-state index is 0.0426. The number of rotatable bonds is 10. The largest absolute Gasteiger partial charge is 0.507 e. The number of Topliss-reactive ketones (excluding diaryl/α,β-unsaturated/α-hetero) is 1. The highest BCUT2D eigenvalue weighted by molar-refractivity contribution is 6.46. The number of pyridine rings is 1. The van der Waals surface area contributed by atoms with Crippen molar-refractivity contribution < 1.29 is 24.2 Å². The van der Waals surface area contributed by atoms with Gasteiger partial charge in [0.15, 0.2) is 11.5 Å². The number of aliphatic hydroxyl groups is 1. The van der Waals surface area contributed by atoms with E-state index >= 15 is 0 Å². The lowest BCUT2D eigenvalue weighted by atomic mass is 9.95. The number of amides is 1. The molecule has 1 amide bonds. The predicted octanol–water partition coefficient (Wildman–Crippen LogP) is 4.04. The molecule has 8 heteroatoms. The quantitative estimate of drug-likeness (QED) is 0.255. The highest BCUT2D eigenvalue weighted by Gasteiger charge is 2.46. The minimum Gasteiger partial charge on any atom is -0.507 e. The number of methoxy groups -OCH3 is 1. The van der Waals surface area contributed by atoms with Gasteiger partial charge in [-0.1, -0.05) is 36.4 Å². The molecule has 192 valence electrons. The van der Waals surface area contributed by atoms with Gasteiger partial charge in [-0.2, -0.15) is 0 Å². The van der Waals surface area contributed by atoms with E-state index in [1.807, 2.05) is 49.3 Å². The van der Waals surface area contributed by atoms with Gasteiger partial charge in [-0.15, -0.1) is 0 Å². The van der Waals surface area contributed by atoms with Crippen molar-refractivity contribution in [3.63, 3.8) is 0 Å². The number of ether oxygens (including phenoxy) is 2. The number of benzene rings is 2. The highest BCUT2D eigenvalue weighted by Crippen LogP contribution is 2.42. The van der Waals surface area contributed by atoms with Crippen LogP contribution in [0, 0.1) is 0 Å². The first-order valence-electron chi connectivity index (χ1n) is 12.1. The third-order valence-electron chi connectivity index (χ3n) is 6.24. The van der Waals surface area contributed by atoms with Crippen LogP contribution in [0.1, 0.15) is 29.2 Å². The van der Waals surface area contributed by atoms with E-state index in [1.165, 1.54) is 17.3 Å². The van der Waals surface area contributed by atoms with Gasteiger partial charge >= 0.3 is 0 Å². The highest BCUT2D eigenvalue weighted by atomic mass is 16.5. The number of ketones is 1. The molecule has 37 heavy (non-hydrogen) atoms. The van der Waals surface area contributed by atoms with Crippen LogP contribution in [0.5, 0.6) is 11.5 Å². The molecule has 1 aliphatic heterocycles. The summed E-state index contributed by atoms with van der Waals surface area (Å²) in [5.74, 6) is -0.579. The van der Waals surface area contributed by atoms with Gasteiger partial charge < -0.3 is 24.4 Å². The maximum atomic E-state index is 13.2. The predicted molar refractivity (Wildman–Crippen MR) is 140 cm³/mol. The monoisotopic (exact) mass is 501 g/mol. The molecule has 1 atom stereocenters. The summed E-state index contributed by atoms with van der Waals surface area (Å²) in [5, 5.41) is 11.2. The van der Waals surface area contributed by atoms with Gasteiger partial charge in [-0.05, 0) is 62.5 Å². The summed E-state index contributed by atoms with van der Waals surface area (Å²) in [5.41, 5.74) is 2.12. The van der Waals surface area contributed by atoms with Crippen LogP contribution in [-0.4, -0.2) is 65.9 Å². The molecule has 0 aliphatic carbocycles.